The molecule has 2 heterocycles. The molecule has 1 aliphatic rings. The van der Waals surface area contributed by atoms with Crippen LogP contribution in [0.2, 0.25) is 0 Å². The lowest BCUT2D eigenvalue weighted by Crippen LogP contribution is -2.52. The van der Waals surface area contributed by atoms with Gasteiger partial charge in [0.05, 0.1) is 10.5 Å². The highest BCUT2D eigenvalue weighted by molar-refractivity contribution is 7.89. The molecular formula is C18H20N2O5S2. The first-order valence-corrected chi connectivity index (χ1v) is 10.8. The van der Waals surface area contributed by atoms with Gasteiger partial charge in [-0.05, 0) is 30.5 Å². The van der Waals surface area contributed by atoms with Gasteiger partial charge in [0.25, 0.3) is 5.91 Å². The molecule has 0 aliphatic carbocycles. The molecule has 1 fully saturated rings. The van der Waals surface area contributed by atoms with Crippen LogP contribution in [0.1, 0.15) is 17.3 Å². The maximum atomic E-state index is 12.6. The van der Waals surface area contributed by atoms with Crippen molar-refractivity contribution >= 4 is 33.2 Å². The zero-order valence-electron chi connectivity index (χ0n) is 14.8. The first kappa shape index (κ1) is 19.5. The Labute approximate surface area is 162 Å². The van der Waals surface area contributed by atoms with Crippen molar-refractivity contribution < 1.29 is 22.7 Å². The molecule has 1 aliphatic heterocycles. The molecule has 1 saturated heterocycles. The van der Waals surface area contributed by atoms with E-state index in [0.717, 1.165) is 0 Å². The number of hydrogen-bond donors (Lipinski definition) is 0. The summed E-state index contributed by atoms with van der Waals surface area (Å²) in [6.07, 6.45) is -0.922. The maximum absolute atomic E-state index is 12.6. The molecule has 27 heavy (non-hydrogen) atoms. The fourth-order valence-electron chi connectivity index (χ4n) is 2.81. The molecule has 1 atom stereocenters. The molecule has 9 heteroatoms. The van der Waals surface area contributed by atoms with Crippen LogP contribution in [-0.2, 0) is 19.6 Å². The quantitative estimate of drug-likeness (QED) is 0.705. The number of sulfonamides is 1. The molecule has 0 N–H and O–H groups in total. The number of carbonyl (C=O) groups excluding carboxylic acids is 2. The minimum absolute atomic E-state index is 0.203. The van der Waals surface area contributed by atoms with E-state index in [-0.39, 0.29) is 37.0 Å². The van der Waals surface area contributed by atoms with Gasteiger partial charge in [-0.2, -0.15) is 15.6 Å². The minimum Gasteiger partial charge on any atom is -0.449 e. The van der Waals surface area contributed by atoms with E-state index in [4.69, 9.17) is 4.74 Å². The van der Waals surface area contributed by atoms with Crippen LogP contribution in [0.3, 0.4) is 0 Å². The van der Waals surface area contributed by atoms with Crippen LogP contribution in [0.4, 0.5) is 0 Å². The second-order valence-electron chi connectivity index (χ2n) is 6.10. The number of ether oxygens (including phenoxy) is 1. The van der Waals surface area contributed by atoms with Crippen molar-refractivity contribution in [2.75, 3.05) is 26.2 Å². The van der Waals surface area contributed by atoms with Crippen LogP contribution in [0.15, 0.2) is 52.1 Å². The molecule has 0 bridgehead atoms. The van der Waals surface area contributed by atoms with Crippen LogP contribution in [-0.4, -0.2) is 61.8 Å². The fourth-order valence-corrected chi connectivity index (χ4v) is 4.88. The third-order valence-electron chi connectivity index (χ3n) is 4.32. The number of piperazine rings is 1. The molecule has 1 aromatic carbocycles. The third kappa shape index (κ3) is 4.37. The first-order chi connectivity index (χ1) is 12.9. The highest BCUT2D eigenvalue weighted by Gasteiger charge is 2.32. The molecule has 0 unspecified atom stereocenters. The van der Waals surface area contributed by atoms with Gasteiger partial charge < -0.3 is 9.64 Å². The van der Waals surface area contributed by atoms with Crippen LogP contribution < -0.4 is 0 Å². The lowest BCUT2D eigenvalue weighted by atomic mass is 10.3. The number of amides is 1. The Kier molecular flexibility index (Phi) is 5.93. The number of benzene rings is 1. The second-order valence-corrected chi connectivity index (χ2v) is 8.82. The van der Waals surface area contributed by atoms with E-state index in [1.54, 1.807) is 47.2 Å². The smallest absolute Gasteiger partial charge is 0.339 e. The highest BCUT2D eigenvalue weighted by Crippen LogP contribution is 2.18. The Balaban J connectivity index is 1.57. The predicted molar refractivity (Wildman–Crippen MR) is 101 cm³/mol. The Hall–Kier alpha value is -2.23. The van der Waals surface area contributed by atoms with E-state index in [1.807, 2.05) is 0 Å². The summed E-state index contributed by atoms with van der Waals surface area (Å²) in [6, 6.07) is 9.86. The van der Waals surface area contributed by atoms with E-state index in [0.29, 0.717) is 5.56 Å². The van der Waals surface area contributed by atoms with Crippen LogP contribution in [0, 0.1) is 0 Å². The lowest BCUT2D eigenvalue weighted by Gasteiger charge is -2.35. The molecule has 0 radical (unpaired) electrons. The van der Waals surface area contributed by atoms with Crippen molar-refractivity contribution in [3.63, 3.8) is 0 Å². The van der Waals surface area contributed by atoms with Crippen molar-refractivity contribution in [1.29, 1.82) is 0 Å². The first-order valence-electron chi connectivity index (χ1n) is 8.47. The second kappa shape index (κ2) is 8.20. The Morgan fingerprint density at radius 3 is 2.33 bits per heavy atom. The topological polar surface area (TPSA) is 84.0 Å². The van der Waals surface area contributed by atoms with Crippen molar-refractivity contribution in [3.8, 4) is 0 Å². The Morgan fingerprint density at radius 2 is 1.74 bits per heavy atom. The van der Waals surface area contributed by atoms with Crippen molar-refractivity contribution in [2.45, 2.75) is 17.9 Å². The van der Waals surface area contributed by atoms with Gasteiger partial charge in [-0.1, -0.05) is 18.2 Å². The van der Waals surface area contributed by atoms with Crippen LogP contribution in [0.25, 0.3) is 0 Å². The summed E-state index contributed by atoms with van der Waals surface area (Å²) in [4.78, 5) is 26.3. The summed E-state index contributed by atoms with van der Waals surface area (Å²) < 4.78 is 31.8. The average molecular weight is 409 g/mol. The molecule has 0 saturated carbocycles. The molecule has 1 amide bonds. The molecule has 7 nitrogen and oxygen atoms in total. The maximum Gasteiger partial charge on any atom is 0.339 e. The van der Waals surface area contributed by atoms with Crippen LogP contribution in [0.5, 0.6) is 0 Å². The fraction of sp³-hybridized carbons (Fsp3) is 0.333. The molecule has 3 rings (SSSR count). The lowest BCUT2D eigenvalue weighted by molar-refractivity contribution is -0.141. The van der Waals surface area contributed by atoms with Gasteiger partial charge in [-0.15, -0.1) is 0 Å². The number of thiophene rings is 1. The zero-order valence-corrected chi connectivity index (χ0v) is 16.4. The van der Waals surface area contributed by atoms with Crippen molar-refractivity contribution in [2.24, 2.45) is 0 Å². The summed E-state index contributed by atoms with van der Waals surface area (Å²) in [5.41, 5.74) is 0.415. The number of rotatable bonds is 5. The summed E-state index contributed by atoms with van der Waals surface area (Å²) in [7, 11) is -3.57. The van der Waals surface area contributed by atoms with Gasteiger partial charge in [-0.25, -0.2) is 13.2 Å². The number of esters is 1. The monoisotopic (exact) mass is 408 g/mol. The summed E-state index contributed by atoms with van der Waals surface area (Å²) in [5.74, 6) is -0.863. The van der Waals surface area contributed by atoms with Crippen molar-refractivity contribution in [3.05, 3.63) is 52.7 Å². The summed E-state index contributed by atoms with van der Waals surface area (Å²) >= 11 is 1.37. The van der Waals surface area contributed by atoms with E-state index in [2.05, 4.69) is 0 Å². The van der Waals surface area contributed by atoms with Gasteiger partial charge in [0, 0.05) is 31.6 Å². The van der Waals surface area contributed by atoms with E-state index in [1.165, 1.54) is 27.5 Å². The normalized spacial score (nSPS) is 16.7. The van der Waals surface area contributed by atoms with E-state index < -0.39 is 22.1 Å². The SMILES string of the molecule is C[C@@H](OC(=O)c1ccsc1)C(=O)N1CCN(S(=O)(=O)c2ccccc2)CC1. The highest BCUT2D eigenvalue weighted by atomic mass is 32.2. The molecule has 2 aromatic rings. The third-order valence-corrected chi connectivity index (χ3v) is 6.92. The molecule has 144 valence electrons. The van der Waals surface area contributed by atoms with Gasteiger partial charge in [0.1, 0.15) is 0 Å². The standard InChI is InChI=1S/C18H20N2O5S2/c1-14(25-18(22)15-7-12-26-13-15)17(21)19-8-10-20(11-9-19)27(23,24)16-5-3-2-4-6-16/h2-7,12-14H,8-11H2,1H3/t14-/m1/s1. The number of carbonyl (C=O) groups is 2. The summed E-state index contributed by atoms with van der Waals surface area (Å²) in [6.45, 7) is 2.44. The van der Waals surface area contributed by atoms with E-state index in [9.17, 15) is 18.0 Å². The molecular weight excluding hydrogens is 388 g/mol. The van der Waals surface area contributed by atoms with Crippen molar-refractivity contribution in [1.82, 2.24) is 9.21 Å². The predicted octanol–water partition coefficient (Wildman–Crippen LogP) is 1.83. The van der Waals surface area contributed by atoms with Gasteiger partial charge >= 0.3 is 5.97 Å². The van der Waals surface area contributed by atoms with Gasteiger partial charge in [0.15, 0.2) is 6.10 Å². The Bertz CT molecular complexity index is 889. The van der Waals surface area contributed by atoms with Gasteiger partial charge in [-0.3, -0.25) is 4.79 Å². The summed E-state index contributed by atoms with van der Waals surface area (Å²) in [5, 5.41) is 3.42. The largest absolute Gasteiger partial charge is 0.449 e. The Morgan fingerprint density at radius 1 is 1.07 bits per heavy atom. The number of hydrogen-bond acceptors (Lipinski definition) is 6. The van der Waals surface area contributed by atoms with Crippen LogP contribution >= 0.6 is 11.3 Å². The average Bonchev–Trinajstić information content (AvgIpc) is 3.23. The molecule has 0 spiro atoms. The zero-order chi connectivity index (χ0) is 19.4. The minimum atomic E-state index is -3.57. The van der Waals surface area contributed by atoms with E-state index >= 15 is 0 Å². The van der Waals surface area contributed by atoms with Gasteiger partial charge in [0.2, 0.25) is 10.0 Å². The molecule has 1 aromatic heterocycles. The number of nitrogens with zero attached hydrogens (tertiary/aromatic N) is 2.